The molecule has 0 aliphatic rings. The lowest BCUT2D eigenvalue weighted by Crippen LogP contribution is -2.26. The predicted molar refractivity (Wildman–Crippen MR) is 99.4 cm³/mol. The summed E-state index contributed by atoms with van der Waals surface area (Å²) < 4.78 is 0. The first-order valence-electron chi connectivity index (χ1n) is 9.28. The third-order valence-corrected chi connectivity index (χ3v) is 3.92. The van der Waals surface area contributed by atoms with E-state index in [1.165, 1.54) is 38.2 Å². The first-order chi connectivity index (χ1) is 11.2. The summed E-state index contributed by atoms with van der Waals surface area (Å²) in [7, 11) is 0. The van der Waals surface area contributed by atoms with Crippen LogP contribution in [0.1, 0.15) is 85.5 Å². The van der Waals surface area contributed by atoms with E-state index in [1.807, 2.05) is 26.0 Å². The minimum absolute atomic E-state index is 0.448. The quantitative estimate of drug-likeness (QED) is 0.144. The Morgan fingerprint density at radius 1 is 1.04 bits per heavy atom. The number of aliphatic hydroxyl groups is 2. The van der Waals surface area contributed by atoms with E-state index in [0.29, 0.717) is 12.8 Å². The molecule has 0 saturated carbocycles. The van der Waals surface area contributed by atoms with Gasteiger partial charge in [0.25, 0.3) is 0 Å². The number of aliphatic hydroxyl groups excluding tert-OH is 1. The summed E-state index contributed by atoms with van der Waals surface area (Å²) in [6.45, 7) is 11.2. The Morgan fingerprint density at radius 3 is 2.21 bits per heavy atom. The summed E-state index contributed by atoms with van der Waals surface area (Å²) in [6, 6.07) is 0. The van der Waals surface area contributed by atoms with Crippen LogP contribution in [0.2, 0.25) is 0 Å². The van der Waals surface area contributed by atoms with Gasteiger partial charge in [0, 0.05) is 6.42 Å². The molecule has 0 aromatic rings. The van der Waals surface area contributed by atoms with Crippen LogP contribution < -0.4 is 0 Å². The molecule has 2 N–H and O–H groups in total. The lowest BCUT2D eigenvalue weighted by molar-refractivity contribution is -0.404. The molecule has 0 aromatic carbocycles. The maximum Gasteiger partial charge on any atom is 0.188 e. The van der Waals surface area contributed by atoms with E-state index in [2.05, 4.69) is 13.5 Å². The maximum absolute atomic E-state index is 9.85. The van der Waals surface area contributed by atoms with Crippen LogP contribution in [-0.2, 0) is 9.78 Å². The fourth-order valence-corrected chi connectivity index (χ4v) is 2.20. The summed E-state index contributed by atoms with van der Waals surface area (Å²) >= 11 is 0. The van der Waals surface area contributed by atoms with Crippen molar-refractivity contribution >= 4 is 0 Å². The van der Waals surface area contributed by atoms with Gasteiger partial charge < -0.3 is 10.2 Å². The molecule has 24 heavy (non-hydrogen) atoms. The molecule has 0 radical (unpaired) electrons. The highest BCUT2D eigenvalue weighted by Crippen LogP contribution is 2.18. The highest BCUT2D eigenvalue weighted by atomic mass is 17.2. The van der Waals surface area contributed by atoms with Crippen LogP contribution in [-0.4, -0.2) is 27.7 Å². The van der Waals surface area contributed by atoms with Crippen molar-refractivity contribution in [3.63, 3.8) is 0 Å². The summed E-state index contributed by atoms with van der Waals surface area (Å²) in [6.07, 6.45) is 13.7. The predicted octanol–water partition coefficient (Wildman–Crippen LogP) is 5.06. The maximum atomic E-state index is 9.85. The van der Waals surface area contributed by atoms with Gasteiger partial charge in [-0.2, -0.15) is 0 Å². The molecule has 0 heterocycles. The molecule has 0 amide bonds. The summed E-state index contributed by atoms with van der Waals surface area (Å²) in [5.41, 5.74) is -1.59. The summed E-state index contributed by atoms with van der Waals surface area (Å²) in [4.78, 5) is 10.4. The Hall–Kier alpha value is -0.680. The van der Waals surface area contributed by atoms with E-state index in [9.17, 15) is 10.2 Å². The molecule has 0 fully saturated rings. The Bertz CT molecular complexity index is 348. The number of hydrogen-bond donors (Lipinski definition) is 2. The summed E-state index contributed by atoms with van der Waals surface area (Å²) in [5, 5.41) is 19.7. The monoisotopic (exact) mass is 342 g/mol. The zero-order valence-electron chi connectivity index (χ0n) is 16.1. The molecule has 0 aliphatic heterocycles. The van der Waals surface area contributed by atoms with Crippen molar-refractivity contribution in [3.05, 3.63) is 24.8 Å². The fourth-order valence-electron chi connectivity index (χ4n) is 2.20. The first-order valence-corrected chi connectivity index (χ1v) is 9.28. The molecule has 4 heteroatoms. The smallest absolute Gasteiger partial charge is 0.188 e. The largest absolute Gasteiger partial charge is 0.386 e. The minimum atomic E-state index is -0.927. The van der Waals surface area contributed by atoms with Gasteiger partial charge in [0.05, 0.1) is 5.60 Å². The first kappa shape index (κ1) is 23.3. The number of hydrogen-bond acceptors (Lipinski definition) is 4. The van der Waals surface area contributed by atoms with Crippen molar-refractivity contribution in [2.45, 2.75) is 103 Å². The summed E-state index contributed by atoms with van der Waals surface area (Å²) in [5.74, 6) is 0. The van der Waals surface area contributed by atoms with Crippen molar-refractivity contribution in [3.8, 4) is 0 Å². The van der Waals surface area contributed by atoms with Crippen LogP contribution >= 0.6 is 0 Å². The van der Waals surface area contributed by atoms with E-state index < -0.39 is 17.5 Å². The second-order valence-electron chi connectivity index (χ2n) is 7.32. The van der Waals surface area contributed by atoms with Crippen molar-refractivity contribution in [2.75, 3.05) is 0 Å². The Kier molecular flexibility index (Phi) is 12.3. The van der Waals surface area contributed by atoms with Crippen LogP contribution in [0.25, 0.3) is 0 Å². The highest BCUT2D eigenvalue weighted by molar-refractivity contribution is 5.03. The van der Waals surface area contributed by atoms with Crippen LogP contribution in [0, 0.1) is 0 Å². The molecule has 2 unspecified atom stereocenters. The van der Waals surface area contributed by atoms with Gasteiger partial charge in [0.15, 0.2) is 6.29 Å². The Balaban J connectivity index is 3.84. The van der Waals surface area contributed by atoms with Gasteiger partial charge in [-0.3, -0.25) is 0 Å². The molecular formula is C20H38O4. The van der Waals surface area contributed by atoms with Gasteiger partial charge in [-0.15, -0.1) is 6.58 Å². The second kappa shape index (κ2) is 12.6. The van der Waals surface area contributed by atoms with Crippen LogP contribution in [0.5, 0.6) is 0 Å². The van der Waals surface area contributed by atoms with Gasteiger partial charge in [-0.05, 0) is 33.6 Å². The van der Waals surface area contributed by atoms with Crippen LogP contribution in [0.15, 0.2) is 24.8 Å². The lowest BCUT2D eigenvalue weighted by Gasteiger charge is -2.22. The number of unbranched alkanes of at least 4 members (excludes halogenated alkanes) is 6. The molecule has 0 rings (SSSR count). The van der Waals surface area contributed by atoms with E-state index in [-0.39, 0.29) is 0 Å². The Morgan fingerprint density at radius 2 is 1.62 bits per heavy atom. The molecule has 0 bridgehead atoms. The van der Waals surface area contributed by atoms with Gasteiger partial charge in [-0.1, -0.05) is 63.7 Å². The second-order valence-corrected chi connectivity index (χ2v) is 7.32. The van der Waals surface area contributed by atoms with Crippen molar-refractivity contribution in [2.24, 2.45) is 0 Å². The zero-order chi connectivity index (χ0) is 18.5. The minimum Gasteiger partial charge on any atom is -0.386 e. The fraction of sp³-hybridized carbons (Fsp3) is 0.800. The van der Waals surface area contributed by atoms with Crippen LogP contribution in [0.3, 0.4) is 0 Å². The molecule has 0 spiro atoms. The van der Waals surface area contributed by atoms with Crippen molar-refractivity contribution in [1.29, 1.82) is 0 Å². The van der Waals surface area contributed by atoms with E-state index >= 15 is 0 Å². The van der Waals surface area contributed by atoms with Gasteiger partial charge >= 0.3 is 0 Å². The van der Waals surface area contributed by atoms with Gasteiger partial charge in [0.2, 0.25) is 0 Å². The Labute approximate surface area is 148 Å². The molecule has 2 atom stereocenters. The average molecular weight is 343 g/mol. The molecule has 0 aromatic heterocycles. The highest BCUT2D eigenvalue weighted by Gasteiger charge is 2.19. The third kappa shape index (κ3) is 13.7. The van der Waals surface area contributed by atoms with E-state index in [4.69, 9.17) is 9.78 Å². The number of rotatable bonds is 15. The molecule has 0 aliphatic carbocycles. The van der Waals surface area contributed by atoms with Crippen LogP contribution in [0.4, 0.5) is 0 Å². The molecular weight excluding hydrogens is 304 g/mol. The van der Waals surface area contributed by atoms with Crippen molar-refractivity contribution in [1.82, 2.24) is 0 Å². The zero-order valence-corrected chi connectivity index (χ0v) is 16.1. The molecule has 0 saturated heterocycles. The lowest BCUT2D eigenvalue weighted by atomic mass is 10.0. The van der Waals surface area contributed by atoms with Crippen molar-refractivity contribution < 1.29 is 20.0 Å². The average Bonchev–Trinajstić information content (AvgIpc) is 2.52. The van der Waals surface area contributed by atoms with E-state index in [0.717, 1.165) is 12.8 Å². The van der Waals surface area contributed by atoms with E-state index in [1.54, 1.807) is 6.92 Å². The molecule has 4 nitrogen and oxygen atoms in total. The normalized spacial score (nSPS) is 16.2. The third-order valence-electron chi connectivity index (χ3n) is 3.92. The standard InChI is InChI=1S/C20H38O4/c1-6-8-9-10-11-12-13-15-18(21)23-24-19(3,4)16-14-17-20(5,22)7-2/h7,14,16,18,21-22H,2,6,8-13,15,17H2,1,3-5H3/b16-14+. The molecule has 142 valence electrons. The topological polar surface area (TPSA) is 58.9 Å². The van der Waals surface area contributed by atoms with Gasteiger partial charge in [0.1, 0.15) is 5.60 Å². The SMILES string of the molecule is C=CC(C)(O)C/C=C/C(C)(C)OOC(O)CCCCCCCCC. The van der Waals surface area contributed by atoms with Gasteiger partial charge in [-0.25, -0.2) is 9.78 Å².